The maximum absolute atomic E-state index is 11.4. The number of hydrogen-bond donors (Lipinski definition) is 0. The Hall–Kier alpha value is -2.24. The molecule has 0 heterocycles. The third-order valence-corrected chi connectivity index (χ3v) is 2.44. The van der Waals surface area contributed by atoms with E-state index in [0.29, 0.717) is 18.7 Å². The Kier molecular flexibility index (Phi) is 6.21. The molecular formula is C13H16N2O4. The van der Waals surface area contributed by atoms with E-state index in [1.165, 1.54) is 4.90 Å². The predicted octanol–water partition coefficient (Wildman–Crippen LogP) is 2.72. The van der Waals surface area contributed by atoms with Gasteiger partial charge in [-0.05, 0) is 25.5 Å². The molecule has 0 aliphatic heterocycles. The lowest BCUT2D eigenvalue weighted by Crippen LogP contribution is -2.29. The summed E-state index contributed by atoms with van der Waals surface area (Å²) in [6, 6.07) is 7.85. The molecule has 0 radical (unpaired) electrons. The van der Waals surface area contributed by atoms with E-state index in [0.717, 1.165) is 0 Å². The molecule has 102 valence electrons. The summed E-state index contributed by atoms with van der Waals surface area (Å²) < 4.78 is 4.79. The highest BCUT2D eigenvalue weighted by molar-refractivity contribution is 5.92. The van der Waals surface area contributed by atoms with E-state index in [1.807, 2.05) is 0 Å². The van der Waals surface area contributed by atoms with Crippen LogP contribution in [0.25, 0.3) is 0 Å². The number of ether oxygens (including phenoxy) is 1. The lowest BCUT2D eigenvalue weighted by molar-refractivity contribution is -0.143. The van der Waals surface area contributed by atoms with Crippen molar-refractivity contribution in [3.05, 3.63) is 35.2 Å². The maximum Gasteiger partial charge on any atom is 0.385 e. The van der Waals surface area contributed by atoms with Crippen molar-refractivity contribution in [1.82, 2.24) is 0 Å². The molecule has 1 rings (SSSR count). The second-order valence-electron chi connectivity index (χ2n) is 3.77. The largest absolute Gasteiger partial charge is 0.466 e. The molecule has 0 spiro atoms. The summed E-state index contributed by atoms with van der Waals surface area (Å²) in [6.07, 6.45) is 0.609. The van der Waals surface area contributed by atoms with Gasteiger partial charge in [0.25, 0.3) is 0 Å². The molecule has 0 N–H and O–H groups in total. The van der Waals surface area contributed by atoms with Crippen LogP contribution in [-0.4, -0.2) is 25.2 Å². The number of nitroso groups, excluding NO2 is 1. The fourth-order valence-electron chi connectivity index (χ4n) is 1.61. The maximum atomic E-state index is 11.4. The zero-order chi connectivity index (χ0) is 14.1. The number of benzene rings is 1. The third kappa shape index (κ3) is 4.87. The van der Waals surface area contributed by atoms with Crippen molar-refractivity contribution < 1.29 is 14.3 Å². The number of para-hydroxylation sites is 1. The molecule has 0 fully saturated rings. The van der Waals surface area contributed by atoms with Gasteiger partial charge >= 0.3 is 12.0 Å². The number of carbonyl (C=O) groups excluding carboxylic acids is 2. The fraction of sp³-hybridized carbons (Fsp3) is 0.385. The van der Waals surface area contributed by atoms with Crippen LogP contribution in [-0.2, 0) is 9.53 Å². The Balaban J connectivity index is 2.59. The molecule has 6 heteroatoms. The van der Waals surface area contributed by atoms with Crippen molar-refractivity contribution in [3.8, 4) is 0 Å². The standard InChI is InChI=1S/C13H16N2O4/c1-2-19-12(16)9-6-10-15(13(17)14-18)11-7-4-3-5-8-11/h3-5,7-8H,2,6,9-10H2,1H3. The summed E-state index contributed by atoms with van der Waals surface area (Å²) in [5.74, 6) is -0.318. The topological polar surface area (TPSA) is 76.0 Å². The van der Waals surface area contributed by atoms with E-state index in [1.54, 1.807) is 37.3 Å². The van der Waals surface area contributed by atoms with Crippen LogP contribution in [0.15, 0.2) is 35.5 Å². The van der Waals surface area contributed by atoms with E-state index in [9.17, 15) is 14.5 Å². The van der Waals surface area contributed by atoms with Crippen LogP contribution in [0.5, 0.6) is 0 Å². The van der Waals surface area contributed by atoms with Gasteiger partial charge in [-0.3, -0.25) is 9.69 Å². The van der Waals surface area contributed by atoms with Crippen molar-refractivity contribution in [2.24, 2.45) is 5.18 Å². The molecule has 0 bridgehead atoms. The van der Waals surface area contributed by atoms with Crippen LogP contribution >= 0.6 is 0 Å². The SMILES string of the molecule is CCOC(=O)CCCN(C(=O)N=O)c1ccccc1. The molecule has 6 nitrogen and oxygen atoms in total. The second-order valence-corrected chi connectivity index (χ2v) is 3.77. The summed E-state index contributed by atoms with van der Waals surface area (Å²) in [5, 5.41) is 2.42. The monoisotopic (exact) mass is 264 g/mol. The molecule has 19 heavy (non-hydrogen) atoms. The zero-order valence-corrected chi connectivity index (χ0v) is 10.7. The number of esters is 1. The zero-order valence-electron chi connectivity index (χ0n) is 10.7. The van der Waals surface area contributed by atoms with Gasteiger partial charge in [0, 0.05) is 23.8 Å². The first-order chi connectivity index (χ1) is 9.19. The summed E-state index contributed by atoms with van der Waals surface area (Å²) in [4.78, 5) is 34.3. The van der Waals surface area contributed by atoms with Gasteiger partial charge in [0.1, 0.15) is 0 Å². The first kappa shape index (κ1) is 14.8. The Morgan fingerprint density at radius 3 is 2.53 bits per heavy atom. The number of nitrogens with zero attached hydrogens (tertiary/aromatic N) is 2. The van der Waals surface area contributed by atoms with Crippen LogP contribution in [0, 0.1) is 4.91 Å². The minimum atomic E-state index is -0.866. The molecule has 0 saturated heterocycles. The lowest BCUT2D eigenvalue weighted by atomic mass is 10.2. The highest BCUT2D eigenvalue weighted by atomic mass is 16.5. The van der Waals surface area contributed by atoms with Gasteiger partial charge in [0.15, 0.2) is 0 Å². The van der Waals surface area contributed by atoms with Crippen molar-refractivity contribution in [3.63, 3.8) is 0 Å². The van der Waals surface area contributed by atoms with Gasteiger partial charge in [0.05, 0.1) is 6.61 Å². The number of amides is 2. The Morgan fingerprint density at radius 1 is 1.26 bits per heavy atom. The first-order valence-electron chi connectivity index (χ1n) is 6.04. The van der Waals surface area contributed by atoms with Gasteiger partial charge in [0.2, 0.25) is 0 Å². The third-order valence-electron chi connectivity index (χ3n) is 2.44. The van der Waals surface area contributed by atoms with Crippen LogP contribution < -0.4 is 4.90 Å². The average molecular weight is 264 g/mol. The van der Waals surface area contributed by atoms with Gasteiger partial charge in [-0.15, -0.1) is 4.91 Å². The Labute approximate surface area is 111 Å². The molecule has 0 unspecified atom stereocenters. The Bertz CT molecular complexity index is 434. The number of urea groups is 1. The van der Waals surface area contributed by atoms with Gasteiger partial charge in [-0.1, -0.05) is 18.2 Å². The smallest absolute Gasteiger partial charge is 0.385 e. The second kappa shape index (κ2) is 7.97. The summed E-state index contributed by atoms with van der Waals surface area (Å²) >= 11 is 0. The van der Waals surface area contributed by atoms with E-state index in [2.05, 4.69) is 5.18 Å². The minimum Gasteiger partial charge on any atom is -0.466 e. The summed E-state index contributed by atoms with van der Waals surface area (Å²) in [7, 11) is 0. The molecule has 0 saturated carbocycles. The summed E-state index contributed by atoms with van der Waals surface area (Å²) in [6.45, 7) is 2.30. The number of anilines is 1. The van der Waals surface area contributed by atoms with Crippen LogP contribution in [0.3, 0.4) is 0 Å². The van der Waals surface area contributed by atoms with Gasteiger partial charge in [-0.25, -0.2) is 4.79 Å². The van der Waals surface area contributed by atoms with E-state index >= 15 is 0 Å². The highest BCUT2D eigenvalue weighted by Gasteiger charge is 2.16. The molecule has 0 aromatic heterocycles. The van der Waals surface area contributed by atoms with E-state index in [-0.39, 0.29) is 18.9 Å². The first-order valence-corrected chi connectivity index (χ1v) is 6.04. The van der Waals surface area contributed by atoms with E-state index in [4.69, 9.17) is 4.74 Å². The molecule has 0 atom stereocenters. The molecule has 2 amide bonds. The molecule has 0 aliphatic carbocycles. The number of carbonyl (C=O) groups is 2. The normalized spacial score (nSPS) is 9.74. The van der Waals surface area contributed by atoms with Crippen LogP contribution in [0.4, 0.5) is 10.5 Å². The number of rotatable bonds is 6. The van der Waals surface area contributed by atoms with Gasteiger partial charge < -0.3 is 4.74 Å². The van der Waals surface area contributed by atoms with Gasteiger partial charge in [-0.2, -0.15) is 0 Å². The van der Waals surface area contributed by atoms with E-state index < -0.39 is 6.03 Å². The quantitative estimate of drug-likeness (QED) is 0.584. The summed E-state index contributed by atoms with van der Waals surface area (Å²) in [5.41, 5.74) is 0.580. The van der Waals surface area contributed by atoms with Crippen molar-refractivity contribution in [2.75, 3.05) is 18.1 Å². The van der Waals surface area contributed by atoms with Crippen molar-refractivity contribution >= 4 is 17.7 Å². The molecule has 0 aliphatic rings. The molecule has 1 aromatic rings. The van der Waals surface area contributed by atoms with Crippen molar-refractivity contribution in [1.29, 1.82) is 0 Å². The molecule has 1 aromatic carbocycles. The average Bonchev–Trinajstić information content (AvgIpc) is 2.44. The Morgan fingerprint density at radius 2 is 1.95 bits per heavy atom. The lowest BCUT2D eigenvalue weighted by Gasteiger charge is -2.18. The van der Waals surface area contributed by atoms with Crippen LogP contribution in [0.1, 0.15) is 19.8 Å². The van der Waals surface area contributed by atoms with Crippen LogP contribution in [0.2, 0.25) is 0 Å². The molecular weight excluding hydrogens is 248 g/mol. The highest BCUT2D eigenvalue weighted by Crippen LogP contribution is 2.15. The minimum absolute atomic E-state index is 0.198. The number of hydrogen-bond acceptors (Lipinski definition) is 4. The predicted molar refractivity (Wildman–Crippen MR) is 70.8 cm³/mol. The van der Waals surface area contributed by atoms with Crippen molar-refractivity contribution in [2.45, 2.75) is 19.8 Å². The fourth-order valence-corrected chi connectivity index (χ4v) is 1.61.